The van der Waals surface area contributed by atoms with Crippen LogP contribution in [0.5, 0.6) is 5.75 Å². The number of carbonyl (C=O) groups is 1. The molecule has 6 rings (SSSR count). The van der Waals surface area contributed by atoms with E-state index in [0.29, 0.717) is 11.8 Å². The molecular formula is C24H33NO2. The van der Waals surface area contributed by atoms with Crippen molar-refractivity contribution in [3.05, 3.63) is 29.8 Å². The van der Waals surface area contributed by atoms with E-state index in [-0.39, 0.29) is 5.41 Å². The van der Waals surface area contributed by atoms with Gasteiger partial charge in [-0.1, -0.05) is 18.6 Å². The van der Waals surface area contributed by atoms with E-state index in [2.05, 4.69) is 29.2 Å². The minimum atomic E-state index is 0.00352. The molecule has 1 aromatic carbocycles. The summed E-state index contributed by atoms with van der Waals surface area (Å²) in [6, 6.07) is 8.52. The molecule has 146 valence electrons. The second-order valence-electron chi connectivity index (χ2n) is 9.91. The first-order chi connectivity index (χ1) is 13.1. The van der Waals surface area contributed by atoms with Gasteiger partial charge in [-0.25, -0.2) is 0 Å². The number of nitrogens with zero attached hydrogens (tertiary/aromatic N) is 1. The van der Waals surface area contributed by atoms with Gasteiger partial charge in [0.2, 0.25) is 5.91 Å². The summed E-state index contributed by atoms with van der Waals surface area (Å²) in [5.41, 5.74) is 1.37. The predicted molar refractivity (Wildman–Crippen MR) is 107 cm³/mol. The molecule has 4 aliphatic carbocycles. The Hall–Kier alpha value is -1.51. The quantitative estimate of drug-likeness (QED) is 0.752. The van der Waals surface area contributed by atoms with Crippen LogP contribution in [0.15, 0.2) is 24.3 Å². The Kier molecular flexibility index (Phi) is 4.44. The van der Waals surface area contributed by atoms with Crippen LogP contribution in [0.25, 0.3) is 0 Å². The van der Waals surface area contributed by atoms with Crippen LogP contribution < -0.4 is 4.74 Å². The normalized spacial score (nSPS) is 37.9. The van der Waals surface area contributed by atoms with Crippen LogP contribution in [-0.2, 0) is 4.79 Å². The number of methoxy groups -OCH3 is 1. The number of ether oxygens (including phenoxy) is 1. The van der Waals surface area contributed by atoms with E-state index in [1.807, 2.05) is 0 Å². The van der Waals surface area contributed by atoms with E-state index < -0.39 is 0 Å². The number of likely N-dealkylation sites (tertiary alicyclic amines) is 1. The van der Waals surface area contributed by atoms with Crippen LogP contribution in [0, 0.1) is 23.2 Å². The van der Waals surface area contributed by atoms with E-state index in [9.17, 15) is 4.79 Å². The molecule has 1 amide bonds. The van der Waals surface area contributed by atoms with Crippen molar-refractivity contribution in [3.63, 3.8) is 0 Å². The average Bonchev–Trinajstić information content (AvgIpc) is 2.92. The maximum absolute atomic E-state index is 13.8. The largest absolute Gasteiger partial charge is 0.497 e. The van der Waals surface area contributed by atoms with Gasteiger partial charge in [0.15, 0.2) is 0 Å². The van der Waals surface area contributed by atoms with Crippen molar-refractivity contribution in [2.45, 2.75) is 63.7 Å². The first-order valence-electron chi connectivity index (χ1n) is 11.1. The van der Waals surface area contributed by atoms with Crippen molar-refractivity contribution in [1.29, 1.82) is 0 Å². The fourth-order valence-electron chi connectivity index (χ4n) is 7.18. The van der Waals surface area contributed by atoms with Crippen molar-refractivity contribution in [2.75, 3.05) is 20.2 Å². The summed E-state index contributed by atoms with van der Waals surface area (Å²) in [5.74, 6) is 4.41. The highest BCUT2D eigenvalue weighted by atomic mass is 16.5. The third-order valence-corrected chi connectivity index (χ3v) is 8.04. The molecule has 27 heavy (non-hydrogen) atoms. The lowest BCUT2D eigenvalue weighted by molar-refractivity contribution is -0.157. The third-order valence-electron chi connectivity index (χ3n) is 8.04. The van der Waals surface area contributed by atoms with Crippen molar-refractivity contribution in [3.8, 4) is 5.75 Å². The monoisotopic (exact) mass is 367 g/mol. The minimum absolute atomic E-state index is 0.00352. The maximum atomic E-state index is 13.8. The standard InChI is InChI=1S/C24H33NO2/c1-27-22-7-5-20(6-8-22)21-4-2-3-9-25(16-21)23(26)24-13-17-10-18(14-24)12-19(11-17)15-24/h5-8,17-19,21H,2-4,9-16H2,1H3. The van der Waals surface area contributed by atoms with Crippen LogP contribution in [0.4, 0.5) is 0 Å². The summed E-state index contributed by atoms with van der Waals surface area (Å²) in [7, 11) is 1.71. The Morgan fingerprint density at radius 3 is 2.22 bits per heavy atom. The molecule has 0 aromatic heterocycles. The van der Waals surface area contributed by atoms with Crippen molar-refractivity contribution < 1.29 is 9.53 Å². The second-order valence-corrected chi connectivity index (χ2v) is 9.91. The Bertz CT molecular complexity index is 660. The molecule has 4 saturated carbocycles. The fourth-order valence-corrected chi connectivity index (χ4v) is 7.18. The van der Waals surface area contributed by atoms with Gasteiger partial charge in [-0.05, 0) is 86.8 Å². The Balaban J connectivity index is 1.35. The summed E-state index contributed by atoms with van der Waals surface area (Å²) >= 11 is 0. The molecule has 0 spiro atoms. The lowest BCUT2D eigenvalue weighted by Crippen LogP contribution is -2.55. The molecule has 3 nitrogen and oxygen atoms in total. The highest BCUT2D eigenvalue weighted by Gasteiger charge is 2.55. The van der Waals surface area contributed by atoms with Gasteiger partial charge in [0.1, 0.15) is 5.75 Å². The first-order valence-corrected chi connectivity index (χ1v) is 11.1. The van der Waals surface area contributed by atoms with Gasteiger partial charge in [0.05, 0.1) is 12.5 Å². The van der Waals surface area contributed by atoms with E-state index in [4.69, 9.17) is 4.74 Å². The summed E-state index contributed by atoms with van der Waals surface area (Å²) in [5, 5.41) is 0. The topological polar surface area (TPSA) is 29.5 Å². The van der Waals surface area contributed by atoms with Crippen LogP contribution in [0.3, 0.4) is 0 Å². The van der Waals surface area contributed by atoms with Gasteiger partial charge in [0, 0.05) is 19.0 Å². The molecule has 3 heteroatoms. The minimum Gasteiger partial charge on any atom is -0.497 e. The zero-order valence-electron chi connectivity index (χ0n) is 16.7. The molecule has 0 N–H and O–H groups in total. The van der Waals surface area contributed by atoms with Crippen molar-refractivity contribution in [2.24, 2.45) is 23.2 Å². The molecule has 0 radical (unpaired) electrons. The summed E-state index contributed by atoms with van der Waals surface area (Å²) in [6.45, 7) is 1.88. The zero-order chi connectivity index (χ0) is 18.4. The van der Waals surface area contributed by atoms with Gasteiger partial charge in [-0.3, -0.25) is 4.79 Å². The fraction of sp³-hybridized carbons (Fsp3) is 0.708. The Morgan fingerprint density at radius 2 is 1.63 bits per heavy atom. The number of hydrogen-bond acceptors (Lipinski definition) is 2. The van der Waals surface area contributed by atoms with E-state index in [1.54, 1.807) is 7.11 Å². The lowest BCUT2D eigenvalue weighted by atomic mass is 9.49. The van der Waals surface area contributed by atoms with Gasteiger partial charge in [0.25, 0.3) is 0 Å². The zero-order valence-corrected chi connectivity index (χ0v) is 16.7. The van der Waals surface area contributed by atoms with Gasteiger partial charge in [-0.15, -0.1) is 0 Å². The highest BCUT2D eigenvalue weighted by Crippen LogP contribution is 2.60. The molecule has 1 aliphatic heterocycles. The van der Waals surface area contributed by atoms with Gasteiger partial charge in [-0.2, -0.15) is 0 Å². The molecule has 1 aromatic rings. The molecular weight excluding hydrogens is 334 g/mol. The molecule has 5 aliphatic rings. The van der Waals surface area contributed by atoms with E-state index >= 15 is 0 Å². The summed E-state index contributed by atoms with van der Waals surface area (Å²) in [6.07, 6.45) is 11.3. The molecule has 1 saturated heterocycles. The van der Waals surface area contributed by atoms with Gasteiger partial charge < -0.3 is 9.64 Å². The molecule has 1 atom stereocenters. The smallest absolute Gasteiger partial charge is 0.228 e. The second kappa shape index (κ2) is 6.83. The number of rotatable bonds is 3. The lowest BCUT2D eigenvalue weighted by Gasteiger charge is -2.56. The van der Waals surface area contributed by atoms with Crippen LogP contribution in [-0.4, -0.2) is 31.0 Å². The van der Waals surface area contributed by atoms with Gasteiger partial charge >= 0.3 is 0 Å². The highest BCUT2D eigenvalue weighted by molar-refractivity contribution is 5.83. The molecule has 1 heterocycles. The number of benzene rings is 1. The Labute approximate surface area is 163 Å². The maximum Gasteiger partial charge on any atom is 0.228 e. The van der Waals surface area contributed by atoms with Crippen molar-refractivity contribution >= 4 is 5.91 Å². The number of amides is 1. The van der Waals surface area contributed by atoms with Crippen molar-refractivity contribution in [1.82, 2.24) is 4.90 Å². The average molecular weight is 368 g/mol. The summed E-state index contributed by atoms with van der Waals surface area (Å²) < 4.78 is 5.31. The first kappa shape index (κ1) is 17.6. The number of carbonyl (C=O) groups excluding carboxylic acids is 1. The Morgan fingerprint density at radius 1 is 1.00 bits per heavy atom. The van der Waals surface area contributed by atoms with Crippen LogP contribution >= 0.6 is 0 Å². The van der Waals surface area contributed by atoms with E-state index in [1.165, 1.54) is 56.9 Å². The number of hydrogen-bond donors (Lipinski definition) is 0. The third kappa shape index (κ3) is 3.17. The molecule has 1 unspecified atom stereocenters. The SMILES string of the molecule is COc1ccc(C2CCCCN(C(=O)C34CC5CC(CC(C5)C3)C4)C2)cc1. The van der Waals surface area contributed by atoms with Crippen LogP contribution in [0.1, 0.15) is 69.3 Å². The molecule has 4 bridgehead atoms. The predicted octanol–water partition coefficient (Wildman–Crippen LogP) is 5.01. The molecule has 5 fully saturated rings. The van der Waals surface area contributed by atoms with E-state index in [0.717, 1.165) is 43.0 Å². The summed E-state index contributed by atoms with van der Waals surface area (Å²) in [4.78, 5) is 16.1. The van der Waals surface area contributed by atoms with Crippen LogP contribution in [0.2, 0.25) is 0 Å².